The van der Waals surface area contributed by atoms with E-state index in [4.69, 9.17) is 0 Å². The number of hydrogen-bond donors (Lipinski definition) is 1. The number of nitrogens with one attached hydrogen (secondary N) is 1. The average Bonchev–Trinajstić information content (AvgIpc) is 3.15. The van der Waals surface area contributed by atoms with Crippen LogP contribution in [0.1, 0.15) is 32.5 Å². The molecule has 0 bridgehead atoms. The summed E-state index contributed by atoms with van der Waals surface area (Å²) in [7, 11) is 0. The number of para-hydroxylation sites is 2. The Morgan fingerprint density at radius 1 is 1.07 bits per heavy atom. The first-order valence-electron chi connectivity index (χ1n) is 9.21. The Bertz CT molecular complexity index is 811. The number of carbonyl (C=O) groups is 1. The molecule has 0 fully saturated rings. The maximum Gasteiger partial charge on any atom is 0.244 e. The van der Waals surface area contributed by atoms with Gasteiger partial charge in [0, 0.05) is 17.8 Å². The predicted octanol–water partition coefficient (Wildman–Crippen LogP) is 4.99. The first-order valence-corrected chi connectivity index (χ1v) is 10.1. The molecule has 1 aromatic heterocycles. The first kappa shape index (κ1) is 19.2. The number of benzene rings is 2. The zero-order chi connectivity index (χ0) is 19.1. The number of aromatic amines is 1. The average molecular weight is 381 g/mol. The zero-order valence-corrected chi connectivity index (χ0v) is 16.4. The van der Waals surface area contributed by atoms with Gasteiger partial charge in [-0.25, -0.2) is 4.98 Å². The fourth-order valence-corrected chi connectivity index (χ4v) is 3.52. The third-order valence-corrected chi connectivity index (χ3v) is 5.11. The van der Waals surface area contributed by atoms with Gasteiger partial charge in [-0.2, -0.15) is 0 Å². The van der Waals surface area contributed by atoms with E-state index in [-0.39, 0.29) is 11.2 Å². The minimum absolute atomic E-state index is 0.00249. The lowest BCUT2D eigenvalue weighted by molar-refractivity contribution is -0.117. The standard InChI is InChI=1S/C21H24N4OS/c1-3-4-15-19-22-21(24-23-19)27-16(2)20(26)25(17-11-7-5-8-12-17)18-13-9-6-10-14-18/h5-14,16H,3-4,15H2,1-2H3,(H,22,23,24)/t16-/m1/s1. The molecular formula is C21H24N4OS. The number of hydrogen-bond acceptors (Lipinski definition) is 4. The summed E-state index contributed by atoms with van der Waals surface area (Å²) in [5.74, 6) is 0.874. The summed E-state index contributed by atoms with van der Waals surface area (Å²) in [5, 5.41) is 7.52. The van der Waals surface area contributed by atoms with Gasteiger partial charge < -0.3 is 0 Å². The molecule has 5 nitrogen and oxygen atoms in total. The van der Waals surface area contributed by atoms with Crippen molar-refractivity contribution in [3.8, 4) is 0 Å². The Hall–Kier alpha value is -2.60. The van der Waals surface area contributed by atoms with Gasteiger partial charge in [0.15, 0.2) is 0 Å². The van der Waals surface area contributed by atoms with Crippen molar-refractivity contribution in [2.24, 2.45) is 0 Å². The second-order valence-electron chi connectivity index (χ2n) is 6.27. The van der Waals surface area contributed by atoms with Gasteiger partial charge in [-0.1, -0.05) is 61.5 Å². The van der Waals surface area contributed by atoms with Crippen LogP contribution in [0.5, 0.6) is 0 Å². The summed E-state index contributed by atoms with van der Waals surface area (Å²) < 4.78 is 0. The van der Waals surface area contributed by atoms with E-state index in [9.17, 15) is 4.79 Å². The molecule has 1 amide bonds. The number of carbonyl (C=O) groups excluding carboxylic acids is 1. The number of anilines is 2. The summed E-state index contributed by atoms with van der Waals surface area (Å²) in [6.07, 6.45) is 3.07. The molecule has 0 radical (unpaired) electrons. The van der Waals surface area contributed by atoms with Crippen molar-refractivity contribution in [1.29, 1.82) is 0 Å². The van der Waals surface area contributed by atoms with Crippen LogP contribution in [0.3, 0.4) is 0 Å². The van der Waals surface area contributed by atoms with Crippen LogP contribution in [-0.4, -0.2) is 26.3 Å². The Labute approximate surface area is 164 Å². The Balaban J connectivity index is 1.78. The summed E-state index contributed by atoms with van der Waals surface area (Å²) in [4.78, 5) is 19.5. The normalized spacial score (nSPS) is 11.9. The summed E-state index contributed by atoms with van der Waals surface area (Å²) in [6.45, 7) is 4.04. The topological polar surface area (TPSA) is 61.9 Å². The van der Waals surface area contributed by atoms with Crippen molar-refractivity contribution >= 4 is 29.0 Å². The molecule has 6 heteroatoms. The minimum atomic E-state index is -0.319. The van der Waals surface area contributed by atoms with Gasteiger partial charge in [0.1, 0.15) is 5.82 Å². The number of aromatic nitrogens is 3. The second-order valence-corrected chi connectivity index (χ2v) is 7.58. The highest BCUT2D eigenvalue weighted by molar-refractivity contribution is 8.00. The zero-order valence-electron chi connectivity index (χ0n) is 15.6. The predicted molar refractivity (Wildman–Crippen MR) is 110 cm³/mol. The molecule has 27 heavy (non-hydrogen) atoms. The van der Waals surface area contributed by atoms with Crippen LogP contribution in [0, 0.1) is 0 Å². The van der Waals surface area contributed by atoms with Crippen LogP contribution >= 0.6 is 11.8 Å². The van der Waals surface area contributed by atoms with Crippen LogP contribution < -0.4 is 4.90 Å². The quantitative estimate of drug-likeness (QED) is 0.559. The largest absolute Gasteiger partial charge is 0.280 e. The van der Waals surface area contributed by atoms with Crippen molar-refractivity contribution in [2.45, 2.75) is 43.5 Å². The van der Waals surface area contributed by atoms with Gasteiger partial charge in [0.25, 0.3) is 0 Å². The van der Waals surface area contributed by atoms with Crippen molar-refractivity contribution in [3.05, 3.63) is 66.5 Å². The summed E-state index contributed by atoms with van der Waals surface area (Å²) >= 11 is 1.38. The fourth-order valence-electron chi connectivity index (χ4n) is 2.73. The Morgan fingerprint density at radius 3 is 2.22 bits per heavy atom. The molecule has 1 atom stereocenters. The lowest BCUT2D eigenvalue weighted by Gasteiger charge is -2.25. The molecule has 3 rings (SSSR count). The second kappa shape index (κ2) is 9.37. The Kier molecular flexibility index (Phi) is 6.65. The van der Waals surface area contributed by atoms with Gasteiger partial charge in [-0.3, -0.25) is 14.8 Å². The molecule has 140 valence electrons. The van der Waals surface area contributed by atoms with Gasteiger partial charge in [-0.15, -0.1) is 5.10 Å². The minimum Gasteiger partial charge on any atom is -0.280 e. The van der Waals surface area contributed by atoms with Gasteiger partial charge >= 0.3 is 0 Å². The van der Waals surface area contributed by atoms with Crippen LogP contribution in [-0.2, 0) is 11.2 Å². The highest BCUT2D eigenvalue weighted by atomic mass is 32.2. The summed E-state index contributed by atoms with van der Waals surface area (Å²) in [5.41, 5.74) is 1.69. The van der Waals surface area contributed by atoms with Gasteiger partial charge in [-0.05, 0) is 37.6 Å². The molecule has 0 saturated heterocycles. The van der Waals surface area contributed by atoms with E-state index in [1.807, 2.05) is 67.6 Å². The van der Waals surface area contributed by atoms with E-state index in [0.717, 1.165) is 36.5 Å². The SMILES string of the molecule is CCCCc1nc(S[C@H](C)C(=O)N(c2ccccc2)c2ccccc2)n[nH]1. The molecule has 1 N–H and O–H groups in total. The number of amides is 1. The highest BCUT2D eigenvalue weighted by Crippen LogP contribution is 2.29. The molecule has 3 aromatic rings. The molecule has 0 aliphatic carbocycles. The molecule has 0 unspecified atom stereocenters. The third kappa shape index (κ3) is 4.98. The van der Waals surface area contributed by atoms with E-state index in [0.29, 0.717) is 5.16 Å². The maximum atomic E-state index is 13.3. The fraction of sp³-hybridized carbons (Fsp3) is 0.286. The molecule has 0 aliphatic heterocycles. The number of H-pyrrole nitrogens is 1. The molecule has 0 aliphatic rings. The third-order valence-electron chi connectivity index (χ3n) is 4.16. The Morgan fingerprint density at radius 2 is 1.67 bits per heavy atom. The van der Waals surface area contributed by atoms with Gasteiger partial charge in [0.2, 0.25) is 11.1 Å². The lowest BCUT2D eigenvalue weighted by Crippen LogP contribution is -2.32. The number of nitrogens with zero attached hydrogens (tertiary/aromatic N) is 3. The van der Waals surface area contributed by atoms with Crippen LogP contribution in [0.2, 0.25) is 0 Å². The molecule has 0 saturated carbocycles. The van der Waals surface area contributed by atoms with Crippen molar-refractivity contribution in [3.63, 3.8) is 0 Å². The summed E-state index contributed by atoms with van der Waals surface area (Å²) in [6, 6.07) is 19.4. The number of unbranched alkanes of at least 4 members (excludes halogenated alkanes) is 1. The van der Waals surface area contributed by atoms with Gasteiger partial charge in [0.05, 0.1) is 5.25 Å². The highest BCUT2D eigenvalue weighted by Gasteiger charge is 2.25. The van der Waals surface area contributed by atoms with Crippen LogP contribution in [0.15, 0.2) is 65.8 Å². The number of rotatable bonds is 8. The molecule has 1 heterocycles. The lowest BCUT2D eigenvalue weighted by atomic mass is 10.2. The van der Waals surface area contributed by atoms with E-state index in [1.165, 1.54) is 11.8 Å². The smallest absolute Gasteiger partial charge is 0.244 e. The number of aryl methyl sites for hydroxylation is 1. The van der Waals surface area contributed by atoms with Crippen molar-refractivity contribution < 1.29 is 4.79 Å². The van der Waals surface area contributed by atoms with E-state index in [1.54, 1.807) is 4.90 Å². The maximum absolute atomic E-state index is 13.3. The van der Waals surface area contributed by atoms with Crippen molar-refractivity contribution in [1.82, 2.24) is 15.2 Å². The van der Waals surface area contributed by atoms with E-state index >= 15 is 0 Å². The van der Waals surface area contributed by atoms with Crippen molar-refractivity contribution in [2.75, 3.05) is 4.90 Å². The first-order chi connectivity index (χ1) is 13.2. The monoisotopic (exact) mass is 380 g/mol. The van der Waals surface area contributed by atoms with E-state index < -0.39 is 0 Å². The van der Waals surface area contributed by atoms with E-state index in [2.05, 4.69) is 22.1 Å². The van der Waals surface area contributed by atoms with Crippen LogP contribution in [0.4, 0.5) is 11.4 Å². The molecular weight excluding hydrogens is 356 g/mol. The molecule has 2 aromatic carbocycles. The van der Waals surface area contributed by atoms with Crippen LogP contribution in [0.25, 0.3) is 0 Å². The molecule has 0 spiro atoms. The number of thioether (sulfide) groups is 1.